The highest BCUT2D eigenvalue weighted by molar-refractivity contribution is 5.74. The van der Waals surface area contributed by atoms with Crippen LogP contribution in [0.5, 0.6) is 28.7 Å². The van der Waals surface area contributed by atoms with Crippen molar-refractivity contribution in [3.8, 4) is 28.7 Å². The first-order valence-electron chi connectivity index (χ1n) is 11.9. The summed E-state index contributed by atoms with van der Waals surface area (Å²) in [5.74, 6) is -4.09. The highest BCUT2D eigenvalue weighted by Crippen LogP contribution is 2.26. The molecule has 0 unspecified atom stereocenters. The number of phenols is 5. The maximum atomic E-state index is 10.4. The Morgan fingerprint density at radius 1 is 0.488 bits per heavy atom. The Balaban J connectivity index is 0.000000308. The summed E-state index contributed by atoms with van der Waals surface area (Å²) in [6.07, 6.45) is 0.502. The van der Waals surface area contributed by atoms with Crippen LogP contribution in [-0.4, -0.2) is 76.9 Å². The molecule has 14 heteroatoms. The minimum absolute atomic E-state index is 0.114. The molecule has 0 aliphatic carbocycles. The van der Waals surface area contributed by atoms with Crippen molar-refractivity contribution < 1.29 is 55.2 Å². The number of benzene rings is 3. The first kappa shape index (κ1) is 34.0. The molecule has 0 amide bonds. The fourth-order valence-corrected chi connectivity index (χ4v) is 3.05. The lowest BCUT2D eigenvalue weighted by atomic mass is 10.1. The minimum atomic E-state index is -1.10. The fraction of sp³-hybridized carbons (Fsp3) is 0.222. The van der Waals surface area contributed by atoms with Crippen molar-refractivity contribution in [2.24, 2.45) is 17.2 Å². The van der Waals surface area contributed by atoms with Crippen LogP contribution >= 0.6 is 0 Å². The van der Waals surface area contributed by atoms with E-state index in [1.807, 2.05) is 0 Å². The molecule has 3 atom stereocenters. The third-order valence-corrected chi connectivity index (χ3v) is 5.33. The van der Waals surface area contributed by atoms with E-state index in [-0.39, 0.29) is 48.0 Å². The van der Waals surface area contributed by atoms with Crippen molar-refractivity contribution in [3.05, 3.63) is 77.4 Å². The second-order valence-electron chi connectivity index (χ2n) is 8.76. The molecule has 14 N–H and O–H groups in total. The second-order valence-corrected chi connectivity index (χ2v) is 8.76. The topological polar surface area (TPSA) is 291 Å². The van der Waals surface area contributed by atoms with Crippen LogP contribution in [-0.2, 0) is 33.6 Å². The zero-order chi connectivity index (χ0) is 31.3. The molecule has 14 nitrogen and oxygen atoms in total. The SMILES string of the molecule is N[C@@H](Cc1ccc(O)c(O)c1)C(=O)O.N[C@@H](Cc1ccc(O)c(O)c1)C(=O)O.N[C@@H](Cc1ccc(O)cc1)C(=O)O. The van der Waals surface area contributed by atoms with Gasteiger partial charge in [-0.15, -0.1) is 0 Å². The van der Waals surface area contributed by atoms with Crippen molar-refractivity contribution in [2.45, 2.75) is 37.4 Å². The molecular weight excluding hydrogens is 542 g/mol. The van der Waals surface area contributed by atoms with Crippen LogP contribution in [0, 0.1) is 0 Å². The fourth-order valence-electron chi connectivity index (χ4n) is 3.05. The van der Waals surface area contributed by atoms with E-state index in [4.69, 9.17) is 58.1 Å². The average Bonchev–Trinajstić information content (AvgIpc) is 2.90. The number of aromatic hydroxyl groups is 5. The summed E-state index contributed by atoms with van der Waals surface area (Å²) in [7, 11) is 0. The van der Waals surface area contributed by atoms with Crippen LogP contribution in [0.2, 0.25) is 0 Å². The van der Waals surface area contributed by atoms with Gasteiger partial charge in [-0.2, -0.15) is 0 Å². The molecule has 0 aliphatic heterocycles. The number of hydrogen-bond acceptors (Lipinski definition) is 11. The van der Waals surface area contributed by atoms with Gasteiger partial charge in [-0.3, -0.25) is 14.4 Å². The molecule has 222 valence electrons. The van der Waals surface area contributed by atoms with Crippen molar-refractivity contribution in [2.75, 3.05) is 0 Å². The maximum absolute atomic E-state index is 10.4. The first-order chi connectivity index (χ1) is 19.1. The molecular formula is C27H33N3O11. The smallest absolute Gasteiger partial charge is 0.320 e. The van der Waals surface area contributed by atoms with Gasteiger partial charge in [0.2, 0.25) is 0 Å². The van der Waals surface area contributed by atoms with Gasteiger partial charge in [0.15, 0.2) is 23.0 Å². The predicted octanol–water partition coefficient (Wildman–Crippen LogP) is 0.451. The number of phenolic OH excluding ortho intramolecular Hbond substituents is 5. The summed E-state index contributed by atoms with van der Waals surface area (Å²) in [4.78, 5) is 31.2. The Bertz CT molecular complexity index is 1250. The summed E-state index contributed by atoms with van der Waals surface area (Å²) in [5.41, 5.74) is 17.8. The van der Waals surface area contributed by atoms with E-state index in [0.29, 0.717) is 11.1 Å². The maximum Gasteiger partial charge on any atom is 0.320 e. The number of carboxylic acids is 3. The third kappa shape index (κ3) is 12.6. The monoisotopic (exact) mass is 575 g/mol. The summed E-state index contributed by atoms with van der Waals surface area (Å²) in [6.45, 7) is 0. The number of nitrogens with two attached hydrogens (primary N) is 3. The standard InChI is InChI=1S/2C9H11NO4.C9H11NO3/c2*10-6(9(13)14)3-5-1-2-7(11)8(12)4-5;10-8(9(12)13)5-6-1-3-7(11)4-2-6/h2*1-2,4,6,11-12H,3,10H2,(H,13,14);1-4,8,11H,5,10H2,(H,12,13)/t2*6-;8-/m000/s1. The molecule has 0 fully saturated rings. The van der Waals surface area contributed by atoms with Gasteiger partial charge in [0.1, 0.15) is 23.9 Å². The zero-order valence-corrected chi connectivity index (χ0v) is 21.7. The molecule has 0 aromatic heterocycles. The number of aliphatic carboxylic acids is 3. The minimum Gasteiger partial charge on any atom is -0.508 e. The van der Waals surface area contributed by atoms with Crippen LogP contribution in [0.3, 0.4) is 0 Å². The number of carboxylic acid groups (broad SMARTS) is 3. The number of carbonyl (C=O) groups is 3. The van der Waals surface area contributed by atoms with Gasteiger partial charge < -0.3 is 58.1 Å². The zero-order valence-electron chi connectivity index (χ0n) is 21.7. The van der Waals surface area contributed by atoms with E-state index in [1.54, 1.807) is 12.1 Å². The van der Waals surface area contributed by atoms with E-state index in [1.165, 1.54) is 48.5 Å². The molecule has 0 heterocycles. The summed E-state index contributed by atoms with van der Waals surface area (Å²) in [6, 6.07) is 11.6. The van der Waals surface area contributed by atoms with Gasteiger partial charge in [-0.05, 0) is 72.4 Å². The van der Waals surface area contributed by atoms with Gasteiger partial charge in [-0.1, -0.05) is 24.3 Å². The Hall–Kier alpha value is -5.05. The lowest BCUT2D eigenvalue weighted by Gasteiger charge is -2.06. The van der Waals surface area contributed by atoms with Gasteiger partial charge in [0, 0.05) is 0 Å². The molecule has 3 rings (SSSR count). The molecule has 0 saturated carbocycles. The van der Waals surface area contributed by atoms with Crippen LogP contribution in [0.4, 0.5) is 0 Å². The lowest BCUT2D eigenvalue weighted by molar-refractivity contribution is -0.139. The van der Waals surface area contributed by atoms with E-state index < -0.39 is 36.0 Å². The molecule has 0 spiro atoms. The highest BCUT2D eigenvalue weighted by atomic mass is 16.4. The van der Waals surface area contributed by atoms with Crippen molar-refractivity contribution in [1.29, 1.82) is 0 Å². The highest BCUT2D eigenvalue weighted by Gasteiger charge is 2.14. The van der Waals surface area contributed by atoms with Gasteiger partial charge in [-0.25, -0.2) is 0 Å². The van der Waals surface area contributed by atoms with E-state index in [0.717, 1.165) is 5.56 Å². The van der Waals surface area contributed by atoms with Gasteiger partial charge in [0.25, 0.3) is 0 Å². The molecule has 41 heavy (non-hydrogen) atoms. The van der Waals surface area contributed by atoms with Gasteiger partial charge >= 0.3 is 17.9 Å². The largest absolute Gasteiger partial charge is 0.508 e. The average molecular weight is 576 g/mol. The molecule has 3 aromatic rings. The summed E-state index contributed by atoms with van der Waals surface area (Å²) in [5, 5.41) is 70.7. The van der Waals surface area contributed by atoms with E-state index in [2.05, 4.69) is 0 Å². The van der Waals surface area contributed by atoms with Crippen molar-refractivity contribution >= 4 is 17.9 Å². The molecule has 0 bridgehead atoms. The predicted molar refractivity (Wildman–Crippen MR) is 146 cm³/mol. The second kappa shape index (κ2) is 16.1. The first-order valence-corrected chi connectivity index (χ1v) is 11.9. The lowest BCUT2D eigenvalue weighted by Crippen LogP contribution is -2.32. The summed E-state index contributed by atoms with van der Waals surface area (Å²) < 4.78 is 0. The van der Waals surface area contributed by atoms with Crippen LogP contribution in [0.1, 0.15) is 16.7 Å². The molecule has 0 aliphatic rings. The molecule has 0 saturated heterocycles. The van der Waals surface area contributed by atoms with E-state index in [9.17, 15) is 14.4 Å². The van der Waals surface area contributed by atoms with Crippen LogP contribution < -0.4 is 17.2 Å². The summed E-state index contributed by atoms with van der Waals surface area (Å²) >= 11 is 0. The van der Waals surface area contributed by atoms with E-state index >= 15 is 0 Å². The van der Waals surface area contributed by atoms with Crippen LogP contribution in [0.25, 0.3) is 0 Å². The number of rotatable bonds is 9. The molecule has 0 radical (unpaired) electrons. The van der Waals surface area contributed by atoms with Crippen molar-refractivity contribution in [3.63, 3.8) is 0 Å². The van der Waals surface area contributed by atoms with Crippen molar-refractivity contribution in [1.82, 2.24) is 0 Å². The normalized spacial score (nSPS) is 12.4. The third-order valence-electron chi connectivity index (χ3n) is 5.33. The quantitative estimate of drug-likeness (QED) is 0.154. The Kier molecular flexibility index (Phi) is 13.4. The number of hydrogen-bond donors (Lipinski definition) is 11. The van der Waals surface area contributed by atoms with Gasteiger partial charge in [0.05, 0.1) is 0 Å². The Morgan fingerprint density at radius 3 is 1.07 bits per heavy atom. The van der Waals surface area contributed by atoms with Crippen LogP contribution in [0.15, 0.2) is 60.7 Å². The molecule has 3 aromatic carbocycles. The Labute approximate surface area is 234 Å². The Morgan fingerprint density at radius 2 is 0.780 bits per heavy atom.